The molecular weight excluding hydrogens is 366 g/mol. The Hall–Kier alpha value is -2.19. The van der Waals surface area contributed by atoms with Gasteiger partial charge in [-0.15, -0.1) is 0 Å². The summed E-state index contributed by atoms with van der Waals surface area (Å²) in [6.45, 7) is 0.113. The topological polar surface area (TPSA) is 50.6 Å². The van der Waals surface area contributed by atoms with Crippen molar-refractivity contribution in [2.45, 2.75) is 13.2 Å². The monoisotopic (exact) mass is 383 g/mol. The molecule has 2 aromatic rings. The number of amides is 1. The second kappa shape index (κ2) is 8.01. The summed E-state index contributed by atoms with van der Waals surface area (Å²) in [5.41, 5.74) is 0.581. The Morgan fingerprint density at radius 1 is 1.35 bits per heavy atom. The van der Waals surface area contributed by atoms with Crippen molar-refractivity contribution >= 4 is 17.5 Å². The van der Waals surface area contributed by atoms with Gasteiger partial charge in [0.2, 0.25) is 5.91 Å². The number of aromatic nitrogens is 2. The number of alkyl halides is 2. The van der Waals surface area contributed by atoms with Crippen LogP contribution < -0.4 is 4.74 Å². The van der Waals surface area contributed by atoms with Crippen LogP contribution in [-0.2, 0) is 11.3 Å². The number of nitrogens with zero attached hydrogens (tertiary/aromatic N) is 4. The molecule has 1 radical (unpaired) electrons. The number of carbonyl (C=O) groups excluding carboxylic acids is 1. The lowest BCUT2D eigenvalue weighted by Gasteiger charge is -2.32. The largest absolute Gasteiger partial charge is 0.434 e. The minimum absolute atomic E-state index is 0.0451. The number of hydrogen-bond donors (Lipinski definition) is 0. The van der Waals surface area contributed by atoms with E-state index < -0.39 is 6.61 Å². The smallest absolute Gasteiger partial charge is 0.387 e. The SMILES string of the molecule is CN1CCN(C(=O)Cn2c[c]c(-c3cc(Cl)ccc3OC(F)F)n2)CC1. The second-order valence-corrected chi connectivity index (χ2v) is 6.46. The highest BCUT2D eigenvalue weighted by Crippen LogP contribution is 2.32. The lowest BCUT2D eigenvalue weighted by Crippen LogP contribution is -2.48. The maximum Gasteiger partial charge on any atom is 0.387 e. The van der Waals surface area contributed by atoms with Gasteiger partial charge in [0, 0.05) is 49.0 Å². The summed E-state index contributed by atoms with van der Waals surface area (Å²) >= 11 is 5.95. The molecule has 0 unspecified atom stereocenters. The van der Waals surface area contributed by atoms with Crippen LogP contribution in [0.3, 0.4) is 0 Å². The Bertz CT molecular complexity index is 776. The van der Waals surface area contributed by atoms with Crippen LogP contribution in [0.1, 0.15) is 0 Å². The minimum atomic E-state index is -2.96. The summed E-state index contributed by atoms with van der Waals surface area (Å²) in [5, 5.41) is 4.62. The molecule has 0 aliphatic carbocycles. The summed E-state index contributed by atoms with van der Waals surface area (Å²) < 4.78 is 31.1. The summed E-state index contributed by atoms with van der Waals surface area (Å²) in [7, 11) is 2.01. The molecule has 1 aliphatic heterocycles. The number of likely N-dealkylation sites (N-methyl/N-ethyl adjacent to an activating group) is 1. The van der Waals surface area contributed by atoms with Crippen molar-refractivity contribution in [1.82, 2.24) is 19.6 Å². The van der Waals surface area contributed by atoms with Gasteiger partial charge in [0.15, 0.2) is 0 Å². The summed E-state index contributed by atoms with van der Waals surface area (Å²) in [6.07, 6.45) is 1.51. The van der Waals surface area contributed by atoms with E-state index in [0.29, 0.717) is 23.7 Å². The molecule has 139 valence electrons. The molecule has 0 atom stereocenters. The minimum Gasteiger partial charge on any atom is -0.434 e. The van der Waals surface area contributed by atoms with E-state index in [1.54, 1.807) is 4.90 Å². The van der Waals surface area contributed by atoms with Crippen molar-refractivity contribution in [3.05, 3.63) is 35.5 Å². The summed E-state index contributed by atoms with van der Waals surface area (Å²) in [5.74, 6) is -0.0902. The van der Waals surface area contributed by atoms with Gasteiger partial charge >= 0.3 is 6.61 Å². The maximum absolute atomic E-state index is 12.6. The van der Waals surface area contributed by atoms with Crippen LogP contribution in [0.15, 0.2) is 24.4 Å². The Morgan fingerprint density at radius 3 is 2.77 bits per heavy atom. The van der Waals surface area contributed by atoms with Gasteiger partial charge in [0.1, 0.15) is 18.0 Å². The molecule has 2 heterocycles. The highest BCUT2D eigenvalue weighted by Gasteiger charge is 2.20. The van der Waals surface area contributed by atoms with Crippen molar-refractivity contribution in [3.8, 4) is 17.0 Å². The summed E-state index contributed by atoms with van der Waals surface area (Å²) in [6, 6.07) is 7.15. The van der Waals surface area contributed by atoms with Crippen molar-refractivity contribution in [2.75, 3.05) is 33.2 Å². The molecule has 1 amide bonds. The van der Waals surface area contributed by atoms with Crippen molar-refractivity contribution < 1.29 is 18.3 Å². The van der Waals surface area contributed by atoms with Gasteiger partial charge in [-0.1, -0.05) is 11.6 Å². The highest BCUT2D eigenvalue weighted by atomic mass is 35.5. The van der Waals surface area contributed by atoms with Gasteiger partial charge in [-0.05, 0) is 25.2 Å². The van der Waals surface area contributed by atoms with Gasteiger partial charge in [-0.3, -0.25) is 9.48 Å². The van der Waals surface area contributed by atoms with Gasteiger partial charge in [0.25, 0.3) is 0 Å². The van der Waals surface area contributed by atoms with E-state index in [2.05, 4.69) is 20.8 Å². The van der Waals surface area contributed by atoms with E-state index in [0.717, 1.165) is 13.1 Å². The normalized spacial score (nSPS) is 15.5. The molecule has 1 aliphatic rings. The molecule has 26 heavy (non-hydrogen) atoms. The number of rotatable bonds is 5. The molecule has 0 spiro atoms. The first-order valence-corrected chi connectivity index (χ1v) is 8.46. The third-order valence-corrected chi connectivity index (χ3v) is 4.38. The summed E-state index contributed by atoms with van der Waals surface area (Å²) in [4.78, 5) is 16.3. The van der Waals surface area contributed by atoms with Gasteiger partial charge < -0.3 is 14.5 Å². The number of piperazine rings is 1. The Kier molecular flexibility index (Phi) is 5.73. The van der Waals surface area contributed by atoms with Crippen LogP contribution >= 0.6 is 11.6 Å². The molecule has 0 N–H and O–H groups in total. The fourth-order valence-electron chi connectivity index (χ4n) is 2.71. The van der Waals surface area contributed by atoms with E-state index in [-0.39, 0.29) is 23.9 Å². The average Bonchev–Trinajstić information content (AvgIpc) is 3.05. The van der Waals surface area contributed by atoms with Crippen LogP contribution in [0.4, 0.5) is 8.78 Å². The number of ether oxygens (including phenoxy) is 1. The number of benzene rings is 1. The zero-order valence-corrected chi connectivity index (χ0v) is 14.9. The fourth-order valence-corrected chi connectivity index (χ4v) is 2.89. The molecule has 1 aromatic heterocycles. The first-order valence-electron chi connectivity index (χ1n) is 8.08. The molecule has 1 saturated heterocycles. The molecular formula is C17H18ClF2N4O2. The zero-order chi connectivity index (χ0) is 18.7. The third kappa shape index (κ3) is 4.50. The Morgan fingerprint density at radius 2 is 2.08 bits per heavy atom. The van der Waals surface area contributed by atoms with Crippen LogP contribution in [0, 0.1) is 6.07 Å². The van der Waals surface area contributed by atoms with Gasteiger partial charge in [0.05, 0.1) is 0 Å². The van der Waals surface area contributed by atoms with E-state index in [9.17, 15) is 13.6 Å². The second-order valence-electron chi connectivity index (χ2n) is 6.02. The molecule has 3 rings (SSSR count). The van der Waals surface area contributed by atoms with E-state index in [1.807, 2.05) is 7.05 Å². The van der Waals surface area contributed by atoms with Crippen LogP contribution in [0.2, 0.25) is 5.02 Å². The molecule has 9 heteroatoms. The fraction of sp³-hybridized carbons (Fsp3) is 0.412. The molecule has 0 saturated carbocycles. The van der Waals surface area contributed by atoms with Crippen molar-refractivity contribution in [1.29, 1.82) is 0 Å². The number of carbonyl (C=O) groups is 1. The molecule has 1 fully saturated rings. The quantitative estimate of drug-likeness (QED) is 0.795. The third-order valence-electron chi connectivity index (χ3n) is 4.14. The maximum atomic E-state index is 12.6. The molecule has 1 aromatic carbocycles. The lowest BCUT2D eigenvalue weighted by molar-refractivity contribution is -0.133. The van der Waals surface area contributed by atoms with E-state index in [4.69, 9.17) is 11.6 Å². The average molecular weight is 384 g/mol. The van der Waals surface area contributed by atoms with Crippen LogP contribution in [-0.4, -0.2) is 65.3 Å². The first kappa shape index (κ1) is 18.6. The van der Waals surface area contributed by atoms with Crippen LogP contribution in [0.25, 0.3) is 11.3 Å². The standard InChI is InChI=1S/C17H18ClF2N4O2/c1-22-6-8-23(9-7-22)16(25)11-24-5-4-14(21-24)13-10-12(18)2-3-15(13)26-17(19)20/h2-3,5,10,17H,6-9,11H2,1H3. The van der Waals surface area contributed by atoms with E-state index in [1.165, 1.54) is 29.1 Å². The van der Waals surface area contributed by atoms with Gasteiger partial charge in [-0.2, -0.15) is 13.9 Å². The molecule has 6 nitrogen and oxygen atoms in total. The van der Waals surface area contributed by atoms with E-state index >= 15 is 0 Å². The van der Waals surface area contributed by atoms with Gasteiger partial charge in [-0.25, -0.2) is 0 Å². The lowest BCUT2D eigenvalue weighted by atomic mass is 10.1. The Labute approximate surface area is 154 Å². The number of halogens is 3. The molecule has 0 bridgehead atoms. The predicted molar refractivity (Wildman–Crippen MR) is 92.2 cm³/mol. The van der Waals surface area contributed by atoms with Crippen molar-refractivity contribution in [3.63, 3.8) is 0 Å². The van der Waals surface area contributed by atoms with Crippen molar-refractivity contribution in [2.24, 2.45) is 0 Å². The zero-order valence-electron chi connectivity index (χ0n) is 14.2. The predicted octanol–water partition coefficient (Wildman–Crippen LogP) is 2.38. The first-order chi connectivity index (χ1) is 12.4. The number of hydrogen-bond acceptors (Lipinski definition) is 4. The Balaban J connectivity index is 1.74. The highest BCUT2D eigenvalue weighted by molar-refractivity contribution is 6.30. The van der Waals surface area contributed by atoms with Crippen LogP contribution in [0.5, 0.6) is 5.75 Å².